The maximum atomic E-state index is 4.15. The number of halogens is 1. The Morgan fingerprint density at radius 1 is 1.18 bits per heavy atom. The van der Waals surface area contributed by atoms with E-state index in [0.29, 0.717) is 0 Å². The molecule has 5 heteroatoms. The van der Waals surface area contributed by atoms with Gasteiger partial charge in [0.05, 0.1) is 0 Å². The molecule has 2 rings (SSSR count). The molecule has 0 radical (unpaired) electrons. The van der Waals surface area contributed by atoms with Gasteiger partial charge in [-0.05, 0) is 17.7 Å². The molecule has 4 nitrogen and oxygen atoms in total. The van der Waals surface area contributed by atoms with E-state index in [1.54, 1.807) is 0 Å². The molecule has 0 bridgehead atoms. The fraction of sp³-hybridized carbons (Fsp3) is 0.167. The summed E-state index contributed by atoms with van der Waals surface area (Å²) in [6.45, 7) is 0.736. The quantitative estimate of drug-likeness (QED) is 0.910. The Kier molecular flexibility index (Phi) is 3.93. The van der Waals surface area contributed by atoms with E-state index in [4.69, 9.17) is 0 Å². The maximum Gasteiger partial charge on any atom is 0.131 e. The monoisotopic (exact) mass is 292 g/mol. The van der Waals surface area contributed by atoms with Crippen molar-refractivity contribution in [3.63, 3.8) is 0 Å². The molecule has 0 aliphatic rings. The van der Waals surface area contributed by atoms with E-state index in [1.807, 2.05) is 25.2 Å². The predicted molar refractivity (Wildman–Crippen MR) is 73.0 cm³/mol. The van der Waals surface area contributed by atoms with Crippen molar-refractivity contribution < 1.29 is 0 Å². The Morgan fingerprint density at radius 3 is 2.76 bits per heavy atom. The first kappa shape index (κ1) is 11.9. The number of rotatable bonds is 4. The minimum Gasteiger partial charge on any atom is -0.373 e. The first-order valence-corrected chi connectivity index (χ1v) is 6.05. The first-order valence-electron chi connectivity index (χ1n) is 5.26. The zero-order chi connectivity index (χ0) is 12.1. The molecule has 1 aromatic heterocycles. The maximum absolute atomic E-state index is 4.15. The van der Waals surface area contributed by atoms with Crippen molar-refractivity contribution in [3.05, 3.63) is 46.7 Å². The number of hydrogen-bond acceptors (Lipinski definition) is 4. The summed E-state index contributed by atoms with van der Waals surface area (Å²) in [7, 11) is 1.83. The van der Waals surface area contributed by atoms with E-state index in [-0.39, 0.29) is 0 Å². The van der Waals surface area contributed by atoms with Crippen LogP contribution in [0.4, 0.5) is 11.6 Å². The van der Waals surface area contributed by atoms with E-state index in [2.05, 4.69) is 48.7 Å². The van der Waals surface area contributed by atoms with Crippen molar-refractivity contribution >= 4 is 27.6 Å². The van der Waals surface area contributed by atoms with Crippen molar-refractivity contribution in [1.82, 2.24) is 9.97 Å². The van der Waals surface area contributed by atoms with E-state index >= 15 is 0 Å². The van der Waals surface area contributed by atoms with Crippen LogP contribution in [0.2, 0.25) is 0 Å². The second-order valence-corrected chi connectivity index (χ2v) is 4.44. The third-order valence-electron chi connectivity index (χ3n) is 2.29. The Bertz CT molecular complexity index is 501. The zero-order valence-corrected chi connectivity index (χ0v) is 11.0. The molecule has 0 atom stereocenters. The van der Waals surface area contributed by atoms with Crippen molar-refractivity contribution in [2.75, 3.05) is 17.7 Å². The summed E-state index contributed by atoms with van der Waals surface area (Å²) in [6, 6.07) is 10.0. The molecule has 17 heavy (non-hydrogen) atoms. The van der Waals surface area contributed by atoms with Gasteiger partial charge in [-0.25, -0.2) is 9.97 Å². The molecule has 1 heterocycles. The predicted octanol–water partition coefficient (Wildman–Crippen LogP) is 2.89. The van der Waals surface area contributed by atoms with Gasteiger partial charge in [0, 0.05) is 24.1 Å². The van der Waals surface area contributed by atoms with Gasteiger partial charge in [0.15, 0.2) is 0 Å². The van der Waals surface area contributed by atoms with E-state index < -0.39 is 0 Å². The smallest absolute Gasteiger partial charge is 0.131 e. The number of aromatic nitrogens is 2. The van der Waals surface area contributed by atoms with Gasteiger partial charge in [0.25, 0.3) is 0 Å². The van der Waals surface area contributed by atoms with Gasteiger partial charge in [0.2, 0.25) is 0 Å². The molecule has 1 aromatic carbocycles. The molecule has 0 aliphatic carbocycles. The molecular formula is C12H13BrN4. The lowest BCUT2D eigenvalue weighted by Gasteiger charge is -2.07. The summed E-state index contributed by atoms with van der Waals surface area (Å²) >= 11 is 3.45. The highest BCUT2D eigenvalue weighted by Crippen LogP contribution is 2.13. The second kappa shape index (κ2) is 5.63. The van der Waals surface area contributed by atoms with Crippen molar-refractivity contribution in [2.45, 2.75) is 6.54 Å². The van der Waals surface area contributed by atoms with Crippen LogP contribution in [0.15, 0.2) is 41.1 Å². The molecule has 0 unspecified atom stereocenters. The third-order valence-corrected chi connectivity index (χ3v) is 2.78. The number of nitrogens with one attached hydrogen (secondary N) is 2. The van der Waals surface area contributed by atoms with E-state index in [9.17, 15) is 0 Å². The molecule has 0 amide bonds. The van der Waals surface area contributed by atoms with Crippen LogP contribution in [0.25, 0.3) is 0 Å². The van der Waals surface area contributed by atoms with Crippen LogP contribution in [0.5, 0.6) is 0 Å². The molecule has 88 valence electrons. The Labute approximate surface area is 109 Å². The second-order valence-electron chi connectivity index (χ2n) is 3.52. The highest BCUT2D eigenvalue weighted by molar-refractivity contribution is 9.10. The SMILES string of the molecule is CNc1cc(NCc2cccc(Br)c2)ncn1. The highest BCUT2D eigenvalue weighted by atomic mass is 79.9. The third kappa shape index (κ3) is 3.42. The fourth-order valence-electron chi connectivity index (χ4n) is 1.43. The molecule has 0 saturated heterocycles. The van der Waals surface area contributed by atoms with Crippen molar-refractivity contribution in [1.29, 1.82) is 0 Å². The molecule has 2 aromatic rings. The first-order chi connectivity index (χ1) is 8.28. The standard InChI is InChI=1S/C12H13BrN4/c1-14-11-6-12(17-8-16-11)15-7-9-3-2-4-10(13)5-9/h2-6,8H,7H2,1H3,(H2,14,15,16,17). The summed E-state index contributed by atoms with van der Waals surface area (Å²) in [4.78, 5) is 8.21. The zero-order valence-electron chi connectivity index (χ0n) is 9.44. The fourth-order valence-corrected chi connectivity index (χ4v) is 1.88. The average Bonchev–Trinajstić information content (AvgIpc) is 2.37. The van der Waals surface area contributed by atoms with Crippen LogP contribution in [0.3, 0.4) is 0 Å². The largest absolute Gasteiger partial charge is 0.373 e. The lowest BCUT2D eigenvalue weighted by molar-refractivity contribution is 1.08. The summed E-state index contributed by atoms with van der Waals surface area (Å²) < 4.78 is 1.08. The highest BCUT2D eigenvalue weighted by Gasteiger charge is 1.98. The Morgan fingerprint density at radius 2 is 2.00 bits per heavy atom. The molecule has 0 saturated carbocycles. The number of nitrogens with zero attached hydrogens (tertiary/aromatic N) is 2. The topological polar surface area (TPSA) is 49.8 Å². The van der Waals surface area contributed by atoms with Gasteiger partial charge < -0.3 is 10.6 Å². The molecule has 0 spiro atoms. The Balaban J connectivity index is 2.02. The van der Waals surface area contributed by atoms with Crippen LogP contribution in [-0.4, -0.2) is 17.0 Å². The van der Waals surface area contributed by atoms with Crippen molar-refractivity contribution in [2.24, 2.45) is 0 Å². The summed E-state index contributed by atoms with van der Waals surface area (Å²) in [5.41, 5.74) is 1.20. The summed E-state index contributed by atoms with van der Waals surface area (Å²) in [6.07, 6.45) is 1.54. The minimum atomic E-state index is 0.736. The number of benzene rings is 1. The van der Waals surface area contributed by atoms with Gasteiger partial charge in [-0.3, -0.25) is 0 Å². The van der Waals surface area contributed by atoms with E-state index in [1.165, 1.54) is 11.9 Å². The average molecular weight is 293 g/mol. The molecule has 0 fully saturated rings. The minimum absolute atomic E-state index is 0.736. The molecule has 2 N–H and O–H groups in total. The van der Waals surface area contributed by atoms with Gasteiger partial charge in [0.1, 0.15) is 18.0 Å². The Hall–Kier alpha value is -1.62. The number of anilines is 2. The normalized spacial score (nSPS) is 10.0. The lowest BCUT2D eigenvalue weighted by Crippen LogP contribution is -2.02. The molecule has 0 aliphatic heterocycles. The summed E-state index contributed by atoms with van der Waals surface area (Å²) in [5, 5.41) is 6.23. The van der Waals surface area contributed by atoms with E-state index in [0.717, 1.165) is 22.7 Å². The van der Waals surface area contributed by atoms with Gasteiger partial charge in [-0.2, -0.15) is 0 Å². The van der Waals surface area contributed by atoms with Crippen LogP contribution in [0, 0.1) is 0 Å². The summed E-state index contributed by atoms with van der Waals surface area (Å²) in [5.74, 6) is 1.61. The van der Waals surface area contributed by atoms with Crippen molar-refractivity contribution in [3.8, 4) is 0 Å². The van der Waals surface area contributed by atoms with Crippen LogP contribution < -0.4 is 10.6 Å². The van der Waals surface area contributed by atoms with Crippen LogP contribution >= 0.6 is 15.9 Å². The van der Waals surface area contributed by atoms with Crippen LogP contribution in [-0.2, 0) is 6.54 Å². The molecular weight excluding hydrogens is 280 g/mol. The number of hydrogen-bond donors (Lipinski definition) is 2. The van der Waals surface area contributed by atoms with Gasteiger partial charge >= 0.3 is 0 Å². The van der Waals surface area contributed by atoms with Gasteiger partial charge in [-0.1, -0.05) is 28.1 Å². The lowest BCUT2D eigenvalue weighted by atomic mass is 10.2. The van der Waals surface area contributed by atoms with Gasteiger partial charge in [-0.15, -0.1) is 0 Å². The van der Waals surface area contributed by atoms with Crippen LogP contribution in [0.1, 0.15) is 5.56 Å².